The van der Waals surface area contributed by atoms with Crippen LogP contribution in [0.25, 0.3) is 0 Å². The van der Waals surface area contributed by atoms with Crippen LogP contribution < -0.4 is 16.0 Å². The predicted molar refractivity (Wildman–Crippen MR) is 86.9 cm³/mol. The molecule has 0 unspecified atom stereocenters. The maximum atomic E-state index is 12.6. The van der Waals surface area contributed by atoms with Crippen LogP contribution in [0.5, 0.6) is 0 Å². The molecular weight excluding hydrogens is 298 g/mol. The van der Waals surface area contributed by atoms with Gasteiger partial charge in [0.2, 0.25) is 11.8 Å². The Balaban J connectivity index is 2.71. The molecule has 0 spiro atoms. The summed E-state index contributed by atoms with van der Waals surface area (Å²) in [5, 5.41) is 7.99. The third kappa shape index (κ3) is 6.46. The van der Waals surface area contributed by atoms with Crippen LogP contribution in [-0.4, -0.2) is 42.1 Å². The van der Waals surface area contributed by atoms with Crippen molar-refractivity contribution in [2.45, 2.75) is 70.9 Å². The molecule has 1 aliphatic rings. The van der Waals surface area contributed by atoms with Crippen LogP contribution in [0.1, 0.15) is 59.8 Å². The van der Waals surface area contributed by atoms with Crippen LogP contribution in [0.15, 0.2) is 0 Å². The number of ether oxygens (including phenoxy) is 1. The zero-order valence-electron chi connectivity index (χ0n) is 14.6. The normalized spacial score (nSPS) is 17.0. The van der Waals surface area contributed by atoms with Crippen LogP contribution >= 0.6 is 0 Å². The monoisotopic (exact) mass is 327 g/mol. The van der Waals surface area contributed by atoms with Gasteiger partial charge in [-0.2, -0.15) is 0 Å². The zero-order chi connectivity index (χ0) is 17.5. The Morgan fingerprint density at radius 3 is 2.17 bits per heavy atom. The summed E-state index contributed by atoms with van der Waals surface area (Å²) in [6.45, 7) is 7.55. The van der Waals surface area contributed by atoms with E-state index in [1.54, 1.807) is 20.8 Å². The second-order valence-corrected chi connectivity index (χ2v) is 6.91. The van der Waals surface area contributed by atoms with Crippen LogP contribution in [0.2, 0.25) is 0 Å². The van der Waals surface area contributed by atoms with E-state index in [-0.39, 0.29) is 18.4 Å². The molecule has 7 heteroatoms. The second-order valence-electron chi connectivity index (χ2n) is 6.91. The summed E-state index contributed by atoms with van der Waals surface area (Å²) in [5.74, 6) is -0.571. The zero-order valence-corrected chi connectivity index (χ0v) is 14.6. The van der Waals surface area contributed by atoms with Gasteiger partial charge in [0.05, 0.1) is 6.54 Å². The number of carbonyl (C=O) groups is 3. The lowest BCUT2D eigenvalue weighted by Gasteiger charge is -2.36. The average molecular weight is 327 g/mol. The molecule has 132 valence electrons. The van der Waals surface area contributed by atoms with Gasteiger partial charge in [0.1, 0.15) is 11.1 Å². The van der Waals surface area contributed by atoms with Crippen LogP contribution in [0, 0.1) is 0 Å². The van der Waals surface area contributed by atoms with Crippen molar-refractivity contribution in [2.75, 3.05) is 13.1 Å². The van der Waals surface area contributed by atoms with Gasteiger partial charge in [-0.1, -0.05) is 19.3 Å². The SMILES string of the molecule is CCNC(=O)CNC(=O)C1(NC(=O)OC(C)(C)C)CCCCC1. The predicted octanol–water partition coefficient (Wildman–Crippen LogP) is 1.47. The van der Waals surface area contributed by atoms with Gasteiger partial charge in [-0.3, -0.25) is 9.59 Å². The second kappa shape index (κ2) is 8.17. The average Bonchev–Trinajstić information content (AvgIpc) is 2.43. The molecule has 0 saturated heterocycles. The van der Waals surface area contributed by atoms with Gasteiger partial charge in [0.15, 0.2) is 0 Å². The van der Waals surface area contributed by atoms with E-state index in [0.717, 1.165) is 19.3 Å². The van der Waals surface area contributed by atoms with Crippen molar-refractivity contribution in [1.29, 1.82) is 0 Å². The number of amides is 3. The van der Waals surface area contributed by atoms with Crippen molar-refractivity contribution >= 4 is 17.9 Å². The molecule has 0 radical (unpaired) electrons. The highest BCUT2D eigenvalue weighted by atomic mass is 16.6. The first-order chi connectivity index (χ1) is 10.7. The highest BCUT2D eigenvalue weighted by molar-refractivity contribution is 5.92. The van der Waals surface area contributed by atoms with E-state index in [9.17, 15) is 14.4 Å². The third-order valence-electron chi connectivity index (χ3n) is 3.67. The summed E-state index contributed by atoms with van der Waals surface area (Å²) in [7, 11) is 0. The largest absolute Gasteiger partial charge is 0.444 e. The number of alkyl carbamates (subject to hydrolysis) is 1. The third-order valence-corrected chi connectivity index (χ3v) is 3.67. The lowest BCUT2D eigenvalue weighted by atomic mass is 9.81. The molecule has 3 N–H and O–H groups in total. The number of hydrogen-bond donors (Lipinski definition) is 3. The fraction of sp³-hybridized carbons (Fsp3) is 0.812. The molecule has 1 fully saturated rings. The number of carbonyl (C=O) groups excluding carboxylic acids is 3. The Hall–Kier alpha value is -1.79. The van der Waals surface area contributed by atoms with Crippen LogP contribution in [-0.2, 0) is 14.3 Å². The molecule has 0 aromatic heterocycles. The Bertz CT molecular complexity index is 437. The maximum absolute atomic E-state index is 12.6. The van der Waals surface area contributed by atoms with Gasteiger partial charge in [0.25, 0.3) is 0 Å². The maximum Gasteiger partial charge on any atom is 0.408 e. The summed E-state index contributed by atoms with van der Waals surface area (Å²) in [5.41, 5.74) is -1.62. The molecule has 0 atom stereocenters. The van der Waals surface area contributed by atoms with Crippen molar-refractivity contribution < 1.29 is 19.1 Å². The van der Waals surface area contributed by atoms with Crippen molar-refractivity contribution in [3.63, 3.8) is 0 Å². The van der Waals surface area contributed by atoms with E-state index in [2.05, 4.69) is 16.0 Å². The Morgan fingerprint density at radius 2 is 1.65 bits per heavy atom. The lowest BCUT2D eigenvalue weighted by Crippen LogP contribution is -2.61. The van der Waals surface area contributed by atoms with Crippen molar-refractivity contribution in [2.24, 2.45) is 0 Å². The van der Waals surface area contributed by atoms with Gasteiger partial charge in [-0.05, 0) is 40.5 Å². The highest BCUT2D eigenvalue weighted by Crippen LogP contribution is 2.29. The Kier molecular flexibility index (Phi) is 6.84. The molecule has 0 heterocycles. The molecule has 23 heavy (non-hydrogen) atoms. The first-order valence-corrected chi connectivity index (χ1v) is 8.25. The number of rotatable bonds is 5. The van der Waals surface area contributed by atoms with E-state index in [0.29, 0.717) is 19.4 Å². The first kappa shape index (κ1) is 19.3. The number of nitrogens with one attached hydrogen (secondary N) is 3. The molecule has 7 nitrogen and oxygen atoms in total. The quantitative estimate of drug-likeness (QED) is 0.712. The van der Waals surface area contributed by atoms with Crippen LogP contribution in [0.3, 0.4) is 0 Å². The first-order valence-electron chi connectivity index (χ1n) is 8.25. The smallest absolute Gasteiger partial charge is 0.408 e. The van der Waals surface area contributed by atoms with E-state index < -0.39 is 17.2 Å². The minimum atomic E-state index is -0.993. The van der Waals surface area contributed by atoms with Gasteiger partial charge >= 0.3 is 6.09 Å². The standard InChI is InChI=1S/C16H29N3O4/c1-5-17-12(20)11-18-13(21)16(9-7-6-8-10-16)19-14(22)23-15(2,3)4/h5-11H2,1-4H3,(H,17,20)(H,18,21)(H,19,22). The molecule has 1 rings (SSSR count). The van der Waals surface area contributed by atoms with Crippen molar-refractivity contribution in [1.82, 2.24) is 16.0 Å². The molecule has 1 aliphatic carbocycles. The fourth-order valence-electron chi connectivity index (χ4n) is 2.65. The Labute approximate surface area is 137 Å². The number of hydrogen-bond acceptors (Lipinski definition) is 4. The molecule has 1 saturated carbocycles. The summed E-state index contributed by atoms with van der Waals surface area (Å²) < 4.78 is 5.27. The van der Waals surface area contributed by atoms with Gasteiger partial charge < -0.3 is 20.7 Å². The Morgan fingerprint density at radius 1 is 1.04 bits per heavy atom. The molecule has 3 amide bonds. The minimum Gasteiger partial charge on any atom is -0.444 e. The number of likely N-dealkylation sites (N-methyl/N-ethyl adjacent to an activating group) is 1. The van der Waals surface area contributed by atoms with Gasteiger partial charge in [-0.15, -0.1) is 0 Å². The fourth-order valence-corrected chi connectivity index (χ4v) is 2.65. The molecule has 0 aromatic carbocycles. The lowest BCUT2D eigenvalue weighted by molar-refractivity contribution is -0.131. The van der Waals surface area contributed by atoms with E-state index in [1.807, 2.05) is 6.92 Å². The molecule has 0 bridgehead atoms. The summed E-state index contributed by atoms with van der Waals surface area (Å²) in [6.07, 6.45) is 3.23. The molecular formula is C16H29N3O4. The van der Waals surface area contributed by atoms with E-state index in [1.165, 1.54) is 0 Å². The minimum absolute atomic E-state index is 0.0928. The van der Waals surface area contributed by atoms with Gasteiger partial charge in [-0.25, -0.2) is 4.79 Å². The summed E-state index contributed by atoms with van der Waals surface area (Å²) in [4.78, 5) is 36.2. The molecule has 0 aromatic rings. The van der Waals surface area contributed by atoms with Crippen molar-refractivity contribution in [3.05, 3.63) is 0 Å². The van der Waals surface area contributed by atoms with Crippen molar-refractivity contribution in [3.8, 4) is 0 Å². The topological polar surface area (TPSA) is 96.5 Å². The van der Waals surface area contributed by atoms with Crippen LogP contribution in [0.4, 0.5) is 4.79 Å². The molecule has 0 aliphatic heterocycles. The van der Waals surface area contributed by atoms with Gasteiger partial charge in [0, 0.05) is 6.54 Å². The van der Waals surface area contributed by atoms with E-state index in [4.69, 9.17) is 4.74 Å². The summed E-state index contributed by atoms with van der Waals surface area (Å²) >= 11 is 0. The summed E-state index contributed by atoms with van der Waals surface area (Å²) in [6, 6.07) is 0. The highest BCUT2D eigenvalue weighted by Gasteiger charge is 2.41. The van der Waals surface area contributed by atoms with E-state index >= 15 is 0 Å².